The summed E-state index contributed by atoms with van der Waals surface area (Å²) in [6.45, 7) is 4.55. The summed E-state index contributed by atoms with van der Waals surface area (Å²) in [5.74, 6) is 1.54. The van der Waals surface area contributed by atoms with Gasteiger partial charge in [0, 0.05) is 23.2 Å². The first kappa shape index (κ1) is 21.3. The number of amides is 1. The van der Waals surface area contributed by atoms with E-state index in [-0.39, 0.29) is 17.3 Å². The van der Waals surface area contributed by atoms with Crippen molar-refractivity contribution in [1.29, 1.82) is 0 Å². The van der Waals surface area contributed by atoms with Gasteiger partial charge in [-0.3, -0.25) is 4.79 Å². The van der Waals surface area contributed by atoms with Crippen LogP contribution in [0, 0.1) is 0 Å². The molecule has 1 N–H and O–H groups in total. The van der Waals surface area contributed by atoms with Gasteiger partial charge < -0.3 is 14.8 Å². The van der Waals surface area contributed by atoms with Gasteiger partial charge in [-0.25, -0.2) is 9.97 Å². The van der Waals surface area contributed by atoms with Crippen LogP contribution in [0.15, 0.2) is 59.6 Å². The molecule has 1 aliphatic rings. The van der Waals surface area contributed by atoms with Crippen LogP contribution in [-0.2, 0) is 22.6 Å². The molecular weight excluding hydrogens is 410 g/mol. The number of fused-ring (bicyclic) bond motifs is 1. The number of anilines is 1. The second-order valence-corrected chi connectivity index (χ2v) is 8.90. The fraction of sp³-hybridized carbons (Fsp3) is 0.292. The van der Waals surface area contributed by atoms with Crippen LogP contribution in [0.2, 0.25) is 0 Å². The van der Waals surface area contributed by atoms with Crippen molar-refractivity contribution in [3.8, 4) is 17.1 Å². The lowest BCUT2D eigenvalue weighted by Gasteiger charge is -2.32. The molecule has 0 bridgehead atoms. The number of methoxy groups -OCH3 is 1. The minimum Gasteiger partial charge on any atom is -0.497 e. The smallest absolute Gasteiger partial charge is 0.234 e. The first-order valence-electron chi connectivity index (χ1n) is 10.1. The Kier molecular flexibility index (Phi) is 6.25. The summed E-state index contributed by atoms with van der Waals surface area (Å²) < 4.78 is 11.4. The summed E-state index contributed by atoms with van der Waals surface area (Å²) >= 11 is 1.41. The molecule has 0 atom stereocenters. The van der Waals surface area contributed by atoms with Crippen molar-refractivity contribution in [2.45, 2.75) is 37.5 Å². The van der Waals surface area contributed by atoms with Crippen LogP contribution < -0.4 is 10.1 Å². The fourth-order valence-corrected chi connectivity index (χ4v) is 4.23. The number of thioether (sulfide) groups is 1. The second-order valence-electron chi connectivity index (χ2n) is 7.94. The normalized spacial score (nSPS) is 14.5. The van der Waals surface area contributed by atoms with E-state index in [1.54, 1.807) is 7.11 Å². The molecule has 0 fully saturated rings. The molecule has 0 spiro atoms. The number of carbonyl (C=O) groups excluding carboxylic acids is 1. The molecule has 7 heteroatoms. The number of benzene rings is 2. The van der Waals surface area contributed by atoms with Crippen LogP contribution in [0.4, 0.5) is 5.69 Å². The van der Waals surface area contributed by atoms with E-state index in [1.165, 1.54) is 11.8 Å². The summed E-state index contributed by atoms with van der Waals surface area (Å²) in [5, 5.41) is 3.69. The zero-order valence-corrected chi connectivity index (χ0v) is 18.7. The number of nitrogens with one attached hydrogen (secondary N) is 1. The number of ether oxygens (including phenoxy) is 2. The van der Waals surface area contributed by atoms with E-state index in [0.29, 0.717) is 18.9 Å². The van der Waals surface area contributed by atoms with E-state index >= 15 is 0 Å². The zero-order valence-electron chi connectivity index (χ0n) is 17.8. The van der Waals surface area contributed by atoms with Gasteiger partial charge in [0.1, 0.15) is 10.8 Å². The predicted molar refractivity (Wildman–Crippen MR) is 122 cm³/mol. The van der Waals surface area contributed by atoms with Crippen LogP contribution >= 0.6 is 11.8 Å². The first-order chi connectivity index (χ1) is 14.9. The number of hydrogen-bond acceptors (Lipinski definition) is 6. The van der Waals surface area contributed by atoms with Crippen LogP contribution in [0.3, 0.4) is 0 Å². The van der Waals surface area contributed by atoms with E-state index < -0.39 is 0 Å². The number of carbonyl (C=O) groups is 1. The number of rotatable bonds is 6. The number of para-hydroxylation sites is 1. The van der Waals surface area contributed by atoms with Crippen molar-refractivity contribution in [2.75, 3.05) is 18.2 Å². The Labute approximate surface area is 186 Å². The molecule has 2 heterocycles. The highest BCUT2D eigenvalue weighted by atomic mass is 32.2. The highest BCUT2D eigenvalue weighted by Gasteiger charge is 2.30. The van der Waals surface area contributed by atoms with E-state index in [1.807, 2.05) is 54.6 Å². The van der Waals surface area contributed by atoms with Gasteiger partial charge in [-0.15, -0.1) is 0 Å². The molecule has 0 radical (unpaired) electrons. The molecule has 1 amide bonds. The van der Waals surface area contributed by atoms with Gasteiger partial charge in [0.2, 0.25) is 5.91 Å². The molecule has 0 aliphatic carbocycles. The molecule has 160 valence electrons. The van der Waals surface area contributed by atoms with E-state index in [9.17, 15) is 4.79 Å². The first-order valence-corrected chi connectivity index (χ1v) is 11.1. The molecular formula is C24H25N3O3S. The standard InChI is InChI=1S/C24H25N3O3S/c1-24(2)13-20-19(14-30-24)23(31-15-21(28)25-17-9-5-4-6-10-17)27-22(26-20)16-8-7-11-18(12-16)29-3/h4-12H,13-15H2,1-3H3,(H,25,28). The van der Waals surface area contributed by atoms with Gasteiger partial charge in [-0.2, -0.15) is 0 Å². The Bertz CT molecular complexity index is 1090. The average molecular weight is 436 g/mol. The van der Waals surface area contributed by atoms with Crippen LogP contribution in [0.1, 0.15) is 25.1 Å². The molecule has 2 aromatic carbocycles. The minimum atomic E-state index is -0.292. The van der Waals surface area contributed by atoms with Gasteiger partial charge in [-0.05, 0) is 38.1 Å². The summed E-state index contributed by atoms with van der Waals surface area (Å²) in [6, 6.07) is 17.1. The van der Waals surface area contributed by atoms with Gasteiger partial charge in [0.05, 0.1) is 30.8 Å². The zero-order chi connectivity index (χ0) is 21.8. The lowest BCUT2D eigenvalue weighted by molar-refractivity contribution is -0.113. The molecule has 6 nitrogen and oxygen atoms in total. The Morgan fingerprint density at radius 2 is 1.97 bits per heavy atom. The Hall–Kier alpha value is -2.90. The third-order valence-electron chi connectivity index (χ3n) is 4.98. The van der Waals surface area contributed by atoms with Crippen molar-refractivity contribution in [3.05, 3.63) is 65.9 Å². The molecule has 1 aliphatic heterocycles. The number of nitrogens with zero attached hydrogens (tertiary/aromatic N) is 2. The van der Waals surface area contributed by atoms with Gasteiger partial charge >= 0.3 is 0 Å². The van der Waals surface area contributed by atoms with Gasteiger partial charge in [-0.1, -0.05) is 42.1 Å². The van der Waals surface area contributed by atoms with Crippen molar-refractivity contribution in [1.82, 2.24) is 9.97 Å². The highest BCUT2D eigenvalue weighted by Crippen LogP contribution is 2.34. The second kappa shape index (κ2) is 9.08. The molecule has 3 aromatic rings. The topological polar surface area (TPSA) is 73.3 Å². The number of aromatic nitrogens is 2. The van der Waals surface area contributed by atoms with Crippen molar-refractivity contribution in [3.63, 3.8) is 0 Å². The Morgan fingerprint density at radius 3 is 2.74 bits per heavy atom. The molecule has 31 heavy (non-hydrogen) atoms. The van der Waals surface area contributed by atoms with Crippen LogP contribution in [0.25, 0.3) is 11.4 Å². The summed E-state index contributed by atoms with van der Waals surface area (Å²) in [7, 11) is 1.64. The van der Waals surface area contributed by atoms with Gasteiger partial charge in [0.25, 0.3) is 0 Å². The summed E-state index contributed by atoms with van der Waals surface area (Å²) in [4.78, 5) is 22.1. The fourth-order valence-electron chi connectivity index (χ4n) is 3.38. The van der Waals surface area contributed by atoms with Gasteiger partial charge in [0.15, 0.2) is 5.82 Å². The minimum absolute atomic E-state index is 0.0800. The maximum atomic E-state index is 12.5. The lowest BCUT2D eigenvalue weighted by Crippen LogP contribution is -2.33. The number of hydrogen-bond donors (Lipinski definition) is 1. The Morgan fingerprint density at radius 1 is 1.16 bits per heavy atom. The summed E-state index contributed by atoms with van der Waals surface area (Å²) in [6.07, 6.45) is 0.686. The Balaban J connectivity index is 1.61. The molecule has 1 aromatic heterocycles. The van der Waals surface area contributed by atoms with E-state index in [2.05, 4.69) is 19.2 Å². The van der Waals surface area contributed by atoms with Crippen LogP contribution in [-0.4, -0.2) is 34.3 Å². The molecule has 0 unspecified atom stereocenters. The lowest BCUT2D eigenvalue weighted by atomic mass is 9.96. The maximum absolute atomic E-state index is 12.5. The monoisotopic (exact) mass is 435 g/mol. The molecule has 0 saturated heterocycles. The largest absolute Gasteiger partial charge is 0.497 e. The summed E-state index contributed by atoms with van der Waals surface area (Å²) in [5.41, 5.74) is 3.29. The predicted octanol–water partition coefficient (Wildman–Crippen LogP) is 4.73. The van der Waals surface area contributed by atoms with Crippen molar-refractivity contribution in [2.24, 2.45) is 0 Å². The third-order valence-corrected chi connectivity index (χ3v) is 6.00. The van der Waals surface area contributed by atoms with Crippen molar-refractivity contribution >= 4 is 23.4 Å². The third kappa shape index (κ3) is 5.24. The van der Waals surface area contributed by atoms with Crippen LogP contribution in [0.5, 0.6) is 5.75 Å². The van der Waals surface area contributed by atoms with E-state index in [4.69, 9.17) is 19.4 Å². The molecule has 0 saturated carbocycles. The van der Waals surface area contributed by atoms with Crippen molar-refractivity contribution < 1.29 is 14.3 Å². The maximum Gasteiger partial charge on any atom is 0.234 e. The molecule has 4 rings (SSSR count). The SMILES string of the molecule is COc1cccc(-c2nc3c(c(SCC(=O)Nc4ccccc4)n2)COC(C)(C)C3)c1. The quantitative estimate of drug-likeness (QED) is 0.446. The van der Waals surface area contributed by atoms with E-state index in [0.717, 1.165) is 33.3 Å². The highest BCUT2D eigenvalue weighted by molar-refractivity contribution is 8.00. The average Bonchev–Trinajstić information content (AvgIpc) is 2.77.